The fourth-order valence-electron chi connectivity index (χ4n) is 0.865. The Balaban J connectivity index is 2.61. The minimum absolute atomic E-state index is 0.275. The third-order valence-corrected chi connectivity index (χ3v) is 2.96. The van der Waals surface area contributed by atoms with Crippen LogP contribution in [-0.4, -0.2) is 22.0 Å². The summed E-state index contributed by atoms with van der Waals surface area (Å²) in [6.07, 6.45) is 0.961. The SMILES string of the molecule is Oc1cccc(OCCC[Si])c1I. The van der Waals surface area contributed by atoms with Crippen LogP contribution in [-0.2, 0) is 0 Å². The molecule has 0 unspecified atom stereocenters. The zero-order valence-electron chi connectivity index (χ0n) is 7.09. The summed E-state index contributed by atoms with van der Waals surface area (Å²) in [5.41, 5.74) is 0. The second kappa shape index (κ2) is 5.49. The van der Waals surface area contributed by atoms with Crippen molar-refractivity contribution >= 4 is 32.8 Å². The summed E-state index contributed by atoms with van der Waals surface area (Å²) in [4.78, 5) is 0. The van der Waals surface area contributed by atoms with E-state index in [0.29, 0.717) is 6.61 Å². The van der Waals surface area contributed by atoms with Gasteiger partial charge in [0.05, 0.1) is 10.2 Å². The first-order chi connectivity index (χ1) is 6.25. The molecule has 69 valence electrons. The van der Waals surface area contributed by atoms with Crippen molar-refractivity contribution in [1.29, 1.82) is 0 Å². The number of aromatic hydroxyl groups is 1. The predicted molar refractivity (Wildman–Crippen MR) is 61.5 cm³/mol. The molecule has 2 nitrogen and oxygen atoms in total. The van der Waals surface area contributed by atoms with E-state index in [1.54, 1.807) is 12.1 Å². The lowest BCUT2D eigenvalue weighted by Crippen LogP contribution is -1.98. The molecule has 4 heteroatoms. The van der Waals surface area contributed by atoms with E-state index in [0.717, 1.165) is 21.8 Å². The number of phenols is 1. The van der Waals surface area contributed by atoms with Crippen molar-refractivity contribution in [3.63, 3.8) is 0 Å². The van der Waals surface area contributed by atoms with E-state index in [1.165, 1.54) is 0 Å². The van der Waals surface area contributed by atoms with Crippen molar-refractivity contribution in [2.24, 2.45) is 0 Å². The zero-order valence-corrected chi connectivity index (χ0v) is 10.2. The average Bonchev–Trinajstić information content (AvgIpc) is 2.13. The molecule has 0 saturated carbocycles. The van der Waals surface area contributed by atoms with Crippen LogP contribution in [0.5, 0.6) is 11.5 Å². The zero-order chi connectivity index (χ0) is 9.68. The second-order valence-electron chi connectivity index (χ2n) is 2.54. The van der Waals surface area contributed by atoms with Gasteiger partial charge in [0, 0.05) is 10.2 Å². The number of rotatable bonds is 4. The molecule has 0 aliphatic heterocycles. The van der Waals surface area contributed by atoms with Gasteiger partial charge in [-0.2, -0.15) is 0 Å². The normalized spacial score (nSPS) is 10.0. The lowest BCUT2D eigenvalue weighted by atomic mass is 10.3. The lowest BCUT2D eigenvalue weighted by molar-refractivity contribution is 0.313. The average molecular weight is 305 g/mol. The van der Waals surface area contributed by atoms with Gasteiger partial charge in [-0.25, -0.2) is 0 Å². The van der Waals surface area contributed by atoms with E-state index in [1.807, 2.05) is 6.07 Å². The maximum atomic E-state index is 9.36. The Morgan fingerprint density at radius 3 is 2.92 bits per heavy atom. The molecule has 13 heavy (non-hydrogen) atoms. The number of hydrogen-bond acceptors (Lipinski definition) is 2. The Morgan fingerprint density at radius 2 is 2.23 bits per heavy atom. The molecule has 0 saturated heterocycles. The number of ether oxygens (including phenoxy) is 1. The summed E-state index contributed by atoms with van der Waals surface area (Å²) in [6, 6.07) is 6.21. The van der Waals surface area contributed by atoms with Crippen LogP contribution in [0.15, 0.2) is 18.2 Å². The Kier molecular flexibility index (Phi) is 4.58. The molecule has 1 aromatic carbocycles. The topological polar surface area (TPSA) is 29.5 Å². The highest BCUT2D eigenvalue weighted by Gasteiger charge is 2.03. The number of benzene rings is 1. The van der Waals surface area contributed by atoms with Gasteiger partial charge < -0.3 is 9.84 Å². The monoisotopic (exact) mass is 305 g/mol. The molecular formula is C9H10IO2Si. The Morgan fingerprint density at radius 1 is 1.46 bits per heavy atom. The molecule has 0 aliphatic rings. The Labute approximate surface area is 94.9 Å². The minimum atomic E-state index is 0.275. The standard InChI is InChI=1S/C9H10IO2Si/c10-9-7(11)3-1-4-8(9)12-5-2-6-13/h1,3-4,11H,2,5-6H2. The van der Waals surface area contributed by atoms with Crippen LogP contribution in [0.2, 0.25) is 6.04 Å². The van der Waals surface area contributed by atoms with Crippen molar-refractivity contribution in [3.8, 4) is 11.5 Å². The van der Waals surface area contributed by atoms with Gasteiger partial charge in [0.2, 0.25) is 0 Å². The van der Waals surface area contributed by atoms with Gasteiger partial charge >= 0.3 is 0 Å². The van der Waals surface area contributed by atoms with Gasteiger partial charge in [0.25, 0.3) is 0 Å². The number of phenolic OH excluding ortho intramolecular Hbond substituents is 1. The first-order valence-corrected chi connectivity index (χ1v) is 5.79. The lowest BCUT2D eigenvalue weighted by Gasteiger charge is -2.07. The summed E-state index contributed by atoms with van der Waals surface area (Å²) in [7, 11) is 3.37. The molecule has 0 fully saturated rings. The van der Waals surface area contributed by atoms with E-state index < -0.39 is 0 Å². The molecule has 0 aliphatic carbocycles. The van der Waals surface area contributed by atoms with Crippen molar-refractivity contribution in [2.75, 3.05) is 6.61 Å². The molecule has 0 spiro atoms. The van der Waals surface area contributed by atoms with Crippen LogP contribution in [0, 0.1) is 3.57 Å². The summed E-state index contributed by atoms with van der Waals surface area (Å²) in [5, 5.41) is 9.36. The molecule has 0 aromatic heterocycles. The van der Waals surface area contributed by atoms with Gasteiger partial charge in [-0.3, -0.25) is 0 Å². The van der Waals surface area contributed by atoms with Gasteiger partial charge in [-0.05, 0) is 41.1 Å². The maximum absolute atomic E-state index is 9.36. The molecular weight excluding hydrogens is 295 g/mol. The second-order valence-corrected chi connectivity index (χ2v) is 4.12. The van der Waals surface area contributed by atoms with Gasteiger partial charge in [0.1, 0.15) is 11.5 Å². The van der Waals surface area contributed by atoms with E-state index >= 15 is 0 Å². The van der Waals surface area contributed by atoms with Crippen LogP contribution >= 0.6 is 22.6 Å². The van der Waals surface area contributed by atoms with Crippen molar-refractivity contribution in [3.05, 3.63) is 21.8 Å². The van der Waals surface area contributed by atoms with E-state index in [9.17, 15) is 5.11 Å². The summed E-state index contributed by atoms with van der Waals surface area (Å²) >= 11 is 2.07. The largest absolute Gasteiger partial charge is 0.507 e. The van der Waals surface area contributed by atoms with Gasteiger partial charge in [-0.15, -0.1) is 0 Å². The van der Waals surface area contributed by atoms with Crippen LogP contribution < -0.4 is 4.74 Å². The van der Waals surface area contributed by atoms with E-state index in [2.05, 4.69) is 32.8 Å². The highest BCUT2D eigenvalue weighted by atomic mass is 127. The maximum Gasteiger partial charge on any atom is 0.136 e. The van der Waals surface area contributed by atoms with Crippen LogP contribution in [0.1, 0.15) is 6.42 Å². The minimum Gasteiger partial charge on any atom is -0.507 e. The number of halogens is 1. The smallest absolute Gasteiger partial charge is 0.136 e. The van der Waals surface area contributed by atoms with E-state index in [-0.39, 0.29) is 5.75 Å². The third-order valence-electron chi connectivity index (χ3n) is 1.52. The molecule has 1 rings (SSSR count). The van der Waals surface area contributed by atoms with Gasteiger partial charge in [0.15, 0.2) is 0 Å². The summed E-state index contributed by atoms with van der Waals surface area (Å²) in [6.45, 7) is 0.670. The van der Waals surface area contributed by atoms with Gasteiger partial charge in [-0.1, -0.05) is 12.1 Å². The Hall–Kier alpha value is -0.233. The highest BCUT2D eigenvalue weighted by Crippen LogP contribution is 2.28. The van der Waals surface area contributed by atoms with Crippen LogP contribution in [0.3, 0.4) is 0 Å². The Bertz CT molecular complexity index is 278. The van der Waals surface area contributed by atoms with Crippen molar-refractivity contribution < 1.29 is 9.84 Å². The summed E-state index contributed by atoms with van der Waals surface area (Å²) in [5.74, 6) is 1.03. The molecule has 0 atom stereocenters. The van der Waals surface area contributed by atoms with Crippen LogP contribution in [0.25, 0.3) is 0 Å². The summed E-state index contributed by atoms with van der Waals surface area (Å²) < 4.78 is 6.23. The molecule has 1 aromatic rings. The number of hydrogen-bond donors (Lipinski definition) is 1. The molecule has 0 amide bonds. The van der Waals surface area contributed by atoms with Crippen molar-refractivity contribution in [1.82, 2.24) is 0 Å². The predicted octanol–water partition coefficient (Wildman–Crippen LogP) is 2.35. The molecule has 0 heterocycles. The van der Waals surface area contributed by atoms with E-state index in [4.69, 9.17) is 4.74 Å². The van der Waals surface area contributed by atoms with Crippen LogP contribution in [0.4, 0.5) is 0 Å². The fraction of sp³-hybridized carbons (Fsp3) is 0.333. The molecule has 3 radical (unpaired) electrons. The quantitative estimate of drug-likeness (QED) is 0.526. The first kappa shape index (κ1) is 10.8. The van der Waals surface area contributed by atoms with Crippen molar-refractivity contribution in [2.45, 2.75) is 12.5 Å². The first-order valence-electron chi connectivity index (χ1n) is 4.00. The molecule has 1 N–H and O–H groups in total. The third kappa shape index (κ3) is 3.19. The fourth-order valence-corrected chi connectivity index (χ4v) is 1.52. The highest BCUT2D eigenvalue weighted by molar-refractivity contribution is 14.1. The molecule has 0 bridgehead atoms.